The molecule has 3 aliphatic rings. The van der Waals surface area contributed by atoms with Gasteiger partial charge >= 0.3 is 0 Å². The number of aryl methyl sites for hydroxylation is 3. The van der Waals surface area contributed by atoms with Crippen LogP contribution >= 0.6 is 0 Å². The number of nitrogens with one attached hydrogen (secondary N) is 1. The largest absolute Gasteiger partial charge is 0.306 e. The van der Waals surface area contributed by atoms with Crippen LogP contribution < -0.4 is 5.32 Å². The summed E-state index contributed by atoms with van der Waals surface area (Å²) in [6.07, 6.45) is 0. The van der Waals surface area contributed by atoms with E-state index >= 15 is 0 Å². The van der Waals surface area contributed by atoms with Crippen LogP contribution in [0.25, 0.3) is 0 Å². The molecule has 0 aromatic heterocycles. The van der Waals surface area contributed by atoms with Crippen LogP contribution in [-0.4, -0.2) is 76.7 Å². The van der Waals surface area contributed by atoms with E-state index < -0.39 is 53.9 Å². The van der Waals surface area contributed by atoms with Crippen LogP contribution in [0.1, 0.15) is 16.7 Å². The lowest BCUT2D eigenvalue weighted by atomic mass is 10.0. The second kappa shape index (κ2) is 6.24. The molecule has 0 unspecified atom stereocenters. The maximum absolute atomic E-state index is 13.7. The highest BCUT2D eigenvalue weighted by Crippen LogP contribution is 2.37. The third kappa shape index (κ3) is 3.20. The number of benzene rings is 1. The SMILES string of the molecule is Cc1cc(C)c(S(=O)(=O)N2[C@@H]3CS(=O)(=O)C[C@@H]3N[C@@H]3CS(=O)(=O)C[C@H]32)cc1C. The van der Waals surface area contributed by atoms with Gasteiger partial charge in [-0.1, -0.05) is 6.07 Å². The summed E-state index contributed by atoms with van der Waals surface area (Å²) in [6, 6.07) is 0.591. The average Bonchev–Trinajstić information content (AvgIpc) is 2.99. The van der Waals surface area contributed by atoms with E-state index in [9.17, 15) is 25.3 Å². The number of sulfonamides is 1. The van der Waals surface area contributed by atoms with Gasteiger partial charge in [-0.3, -0.25) is 0 Å². The Balaban J connectivity index is 1.87. The Morgan fingerprint density at radius 1 is 0.821 bits per heavy atom. The topological polar surface area (TPSA) is 118 Å². The number of nitrogens with zero attached hydrogens (tertiary/aromatic N) is 1. The molecule has 3 heterocycles. The molecule has 4 atom stereocenters. The summed E-state index contributed by atoms with van der Waals surface area (Å²) < 4.78 is 77.5. The van der Waals surface area contributed by atoms with Crippen LogP contribution in [0.3, 0.4) is 0 Å². The smallest absolute Gasteiger partial charge is 0.244 e. The van der Waals surface area contributed by atoms with Crippen molar-refractivity contribution in [2.45, 2.75) is 49.8 Å². The number of hydrogen-bond acceptors (Lipinski definition) is 7. The molecule has 0 amide bonds. The van der Waals surface area contributed by atoms with Gasteiger partial charge in [0.2, 0.25) is 10.0 Å². The number of piperazine rings is 1. The molecule has 0 radical (unpaired) electrons. The zero-order valence-corrected chi connectivity index (χ0v) is 18.4. The first kappa shape index (κ1) is 20.3. The Morgan fingerprint density at radius 3 is 1.79 bits per heavy atom. The average molecular weight is 449 g/mol. The van der Waals surface area contributed by atoms with Gasteiger partial charge in [0, 0.05) is 12.1 Å². The molecular formula is C17H24N2O6S3. The first-order chi connectivity index (χ1) is 12.8. The Kier molecular flexibility index (Phi) is 4.52. The maximum atomic E-state index is 13.7. The van der Waals surface area contributed by atoms with E-state index in [4.69, 9.17) is 0 Å². The second-order valence-electron chi connectivity index (χ2n) is 8.21. The summed E-state index contributed by atoms with van der Waals surface area (Å²) >= 11 is 0. The molecule has 1 aromatic carbocycles. The summed E-state index contributed by atoms with van der Waals surface area (Å²) in [6.45, 7) is 5.41. The Hall–Kier alpha value is -1.01. The molecule has 3 fully saturated rings. The van der Waals surface area contributed by atoms with E-state index in [1.165, 1.54) is 4.31 Å². The standard InChI is InChI=1S/C17H24N2O6S3/c1-10-4-12(3)17(5-11(10)2)28(24,25)19-15-8-26(20,21)6-13(15)18-14-7-27(22,23)9-16(14)19/h4-5,13-16,18H,6-9H2,1-3H3/t13-,14+,15-,16-/m1/s1. The highest BCUT2D eigenvalue weighted by atomic mass is 32.2. The molecule has 0 aliphatic carbocycles. The molecule has 0 spiro atoms. The van der Waals surface area contributed by atoms with Crippen molar-refractivity contribution in [3.05, 3.63) is 28.8 Å². The summed E-state index contributed by atoms with van der Waals surface area (Å²) in [5.41, 5.74) is 2.33. The number of sulfone groups is 2. The fraction of sp³-hybridized carbons (Fsp3) is 0.647. The lowest BCUT2D eigenvalue weighted by Gasteiger charge is -2.44. The maximum Gasteiger partial charge on any atom is 0.244 e. The van der Waals surface area contributed by atoms with Crippen LogP contribution in [0, 0.1) is 20.8 Å². The molecule has 11 heteroatoms. The molecule has 1 aromatic rings. The molecule has 3 saturated heterocycles. The van der Waals surface area contributed by atoms with Crippen LogP contribution in [-0.2, 0) is 29.7 Å². The third-order valence-electron chi connectivity index (χ3n) is 6.07. The molecule has 1 N–H and O–H groups in total. The quantitative estimate of drug-likeness (QED) is 0.650. The van der Waals surface area contributed by atoms with E-state index in [0.717, 1.165) is 11.1 Å². The molecule has 0 saturated carbocycles. The first-order valence-corrected chi connectivity index (χ1v) is 14.2. The molecule has 28 heavy (non-hydrogen) atoms. The Bertz CT molecular complexity index is 1110. The van der Waals surface area contributed by atoms with E-state index in [1.54, 1.807) is 19.1 Å². The lowest BCUT2D eigenvalue weighted by molar-refractivity contribution is 0.160. The highest BCUT2D eigenvalue weighted by Gasteiger charge is 2.57. The Labute approximate surface area is 166 Å². The molecule has 4 rings (SSSR count). The first-order valence-electron chi connectivity index (χ1n) is 9.09. The summed E-state index contributed by atoms with van der Waals surface area (Å²) in [4.78, 5) is 0.114. The minimum Gasteiger partial charge on any atom is -0.306 e. The van der Waals surface area contributed by atoms with E-state index in [1.807, 2.05) is 13.8 Å². The number of hydrogen-bond donors (Lipinski definition) is 1. The van der Waals surface area contributed by atoms with Gasteiger partial charge in [0.1, 0.15) is 0 Å². The van der Waals surface area contributed by atoms with Crippen molar-refractivity contribution in [3.63, 3.8) is 0 Å². The minimum absolute atomic E-state index is 0.114. The van der Waals surface area contributed by atoms with E-state index in [2.05, 4.69) is 5.32 Å². The van der Waals surface area contributed by atoms with Crippen LogP contribution in [0.15, 0.2) is 17.0 Å². The van der Waals surface area contributed by atoms with Gasteiger partial charge < -0.3 is 5.32 Å². The summed E-state index contributed by atoms with van der Waals surface area (Å²) in [7, 11) is -10.9. The zero-order valence-electron chi connectivity index (χ0n) is 15.9. The van der Waals surface area contributed by atoms with Crippen molar-refractivity contribution in [1.29, 1.82) is 0 Å². The number of fused-ring (bicyclic) bond motifs is 2. The van der Waals surface area contributed by atoms with Crippen molar-refractivity contribution in [2.24, 2.45) is 0 Å². The van der Waals surface area contributed by atoms with Gasteiger partial charge in [0.05, 0.1) is 40.0 Å². The van der Waals surface area contributed by atoms with Gasteiger partial charge in [-0.25, -0.2) is 25.3 Å². The molecule has 156 valence electrons. The fourth-order valence-electron chi connectivity index (χ4n) is 4.68. The van der Waals surface area contributed by atoms with Gasteiger partial charge in [-0.15, -0.1) is 0 Å². The van der Waals surface area contributed by atoms with E-state index in [-0.39, 0.29) is 27.9 Å². The van der Waals surface area contributed by atoms with Gasteiger partial charge in [0.15, 0.2) is 19.7 Å². The normalized spacial score (nSPS) is 34.1. The lowest BCUT2D eigenvalue weighted by Crippen LogP contribution is -2.67. The molecule has 0 bridgehead atoms. The highest BCUT2D eigenvalue weighted by molar-refractivity contribution is 7.92. The van der Waals surface area contributed by atoms with Crippen molar-refractivity contribution >= 4 is 29.7 Å². The summed E-state index contributed by atoms with van der Waals surface area (Å²) in [5, 5.41) is 3.11. The van der Waals surface area contributed by atoms with Crippen molar-refractivity contribution < 1.29 is 25.3 Å². The predicted molar refractivity (Wildman–Crippen MR) is 105 cm³/mol. The van der Waals surface area contributed by atoms with Crippen molar-refractivity contribution in [2.75, 3.05) is 23.0 Å². The molecular weight excluding hydrogens is 424 g/mol. The predicted octanol–water partition coefficient (Wildman–Crippen LogP) is -0.463. The third-order valence-corrected chi connectivity index (χ3v) is 11.6. The zero-order chi connectivity index (χ0) is 20.6. The van der Waals surface area contributed by atoms with Gasteiger partial charge in [-0.2, -0.15) is 4.31 Å². The Morgan fingerprint density at radius 2 is 1.29 bits per heavy atom. The minimum atomic E-state index is -4.08. The second-order valence-corrected chi connectivity index (χ2v) is 14.3. The van der Waals surface area contributed by atoms with Gasteiger partial charge in [-0.05, 0) is 43.5 Å². The van der Waals surface area contributed by atoms with E-state index in [0.29, 0.717) is 5.56 Å². The monoisotopic (exact) mass is 448 g/mol. The van der Waals surface area contributed by atoms with Crippen LogP contribution in [0.2, 0.25) is 0 Å². The summed E-state index contributed by atoms with van der Waals surface area (Å²) in [5.74, 6) is -0.953. The van der Waals surface area contributed by atoms with Crippen LogP contribution in [0.5, 0.6) is 0 Å². The molecule has 8 nitrogen and oxygen atoms in total. The van der Waals surface area contributed by atoms with Crippen LogP contribution in [0.4, 0.5) is 0 Å². The van der Waals surface area contributed by atoms with Gasteiger partial charge in [0.25, 0.3) is 0 Å². The number of rotatable bonds is 2. The fourth-order valence-corrected chi connectivity index (χ4v) is 10.9. The molecule has 3 aliphatic heterocycles. The van der Waals surface area contributed by atoms with Crippen molar-refractivity contribution in [1.82, 2.24) is 9.62 Å². The van der Waals surface area contributed by atoms with Crippen molar-refractivity contribution in [3.8, 4) is 0 Å².